The van der Waals surface area contributed by atoms with Gasteiger partial charge in [0.05, 0.1) is 6.61 Å². The van der Waals surface area contributed by atoms with Crippen LogP contribution in [0.25, 0.3) is 0 Å². The van der Waals surface area contributed by atoms with Gasteiger partial charge in [0.25, 0.3) is 0 Å². The molecule has 0 aliphatic carbocycles. The van der Waals surface area contributed by atoms with Crippen LogP contribution in [0.2, 0.25) is 0 Å². The third kappa shape index (κ3) is 3.87. The number of amides is 1. The Morgan fingerprint density at radius 2 is 2.10 bits per heavy atom. The summed E-state index contributed by atoms with van der Waals surface area (Å²) < 4.78 is 10.5. The van der Waals surface area contributed by atoms with E-state index in [0.717, 1.165) is 19.4 Å². The average molecular weight is 298 g/mol. The first-order chi connectivity index (χ1) is 9.75. The largest absolute Gasteiger partial charge is 0.465 e. The van der Waals surface area contributed by atoms with Gasteiger partial charge in [0, 0.05) is 25.0 Å². The molecule has 0 bridgehead atoms. The molecule has 2 atom stereocenters. The van der Waals surface area contributed by atoms with Crippen LogP contribution in [0.1, 0.15) is 40.5 Å². The quantitative estimate of drug-likeness (QED) is 0.783. The highest BCUT2D eigenvalue weighted by molar-refractivity contribution is 5.76. The molecule has 0 saturated carbocycles. The number of carbonyl (C=O) groups excluding carboxylic acids is 2. The highest BCUT2D eigenvalue weighted by Gasteiger charge is 2.48. The van der Waals surface area contributed by atoms with E-state index in [1.807, 2.05) is 27.7 Å². The molecule has 2 saturated heterocycles. The van der Waals surface area contributed by atoms with Crippen molar-refractivity contribution in [3.63, 3.8) is 0 Å². The third-order valence-corrected chi connectivity index (χ3v) is 4.02. The van der Waals surface area contributed by atoms with Gasteiger partial charge in [-0.25, -0.2) is 4.79 Å². The molecule has 2 aliphatic rings. The number of nitrogens with one attached hydrogen (secondary N) is 1. The Morgan fingerprint density at radius 1 is 1.38 bits per heavy atom. The van der Waals surface area contributed by atoms with Crippen LogP contribution in [0.5, 0.6) is 0 Å². The van der Waals surface area contributed by atoms with E-state index >= 15 is 0 Å². The van der Waals surface area contributed by atoms with Crippen molar-refractivity contribution in [2.24, 2.45) is 5.41 Å². The maximum absolute atomic E-state index is 12.1. The predicted molar refractivity (Wildman–Crippen MR) is 77.9 cm³/mol. The van der Waals surface area contributed by atoms with Crippen LogP contribution in [0.15, 0.2) is 0 Å². The van der Waals surface area contributed by atoms with Crippen molar-refractivity contribution in [3.8, 4) is 0 Å². The fraction of sp³-hybridized carbons (Fsp3) is 0.867. The van der Waals surface area contributed by atoms with Crippen molar-refractivity contribution in [2.45, 2.75) is 52.2 Å². The number of ether oxygens (including phenoxy) is 2. The Bertz CT molecular complexity index is 418. The monoisotopic (exact) mass is 298 g/mol. The molecule has 1 spiro atoms. The normalized spacial score (nSPS) is 29.0. The maximum Gasteiger partial charge on any atom is 0.410 e. The molecule has 6 heteroatoms. The molecule has 2 rings (SSSR count). The first kappa shape index (κ1) is 16.1. The molecule has 2 heterocycles. The second kappa shape index (κ2) is 5.83. The average Bonchev–Trinajstić information content (AvgIpc) is 2.96. The summed E-state index contributed by atoms with van der Waals surface area (Å²) in [7, 11) is 0. The van der Waals surface area contributed by atoms with Crippen LogP contribution >= 0.6 is 0 Å². The van der Waals surface area contributed by atoms with Gasteiger partial charge in [0.1, 0.15) is 11.6 Å². The van der Waals surface area contributed by atoms with E-state index in [9.17, 15) is 9.59 Å². The van der Waals surface area contributed by atoms with E-state index in [1.165, 1.54) is 0 Å². The zero-order valence-corrected chi connectivity index (χ0v) is 13.4. The fourth-order valence-electron chi connectivity index (χ4n) is 3.05. The fourth-order valence-corrected chi connectivity index (χ4v) is 3.05. The topological polar surface area (TPSA) is 67.9 Å². The van der Waals surface area contributed by atoms with Gasteiger partial charge in [-0.3, -0.25) is 4.79 Å². The van der Waals surface area contributed by atoms with E-state index < -0.39 is 5.60 Å². The molecule has 21 heavy (non-hydrogen) atoms. The van der Waals surface area contributed by atoms with Gasteiger partial charge in [-0.1, -0.05) is 0 Å². The van der Waals surface area contributed by atoms with Gasteiger partial charge in [0.2, 0.25) is 0 Å². The summed E-state index contributed by atoms with van der Waals surface area (Å²) in [6.07, 6.45) is 1.36. The van der Waals surface area contributed by atoms with E-state index in [2.05, 4.69) is 5.32 Å². The van der Waals surface area contributed by atoms with Crippen molar-refractivity contribution < 1.29 is 19.1 Å². The Labute approximate surface area is 126 Å². The highest BCUT2D eigenvalue weighted by atomic mass is 16.6. The number of carbonyl (C=O) groups is 2. The van der Waals surface area contributed by atoms with Crippen molar-refractivity contribution >= 4 is 12.1 Å². The molecule has 2 fully saturated rings. The summed E-state index contributed by atoms with van der Waals surface area (Å²) in [5, 5.41) is 3.23. The van der Waals surface area contributed by atoms with Crippen LogP contribution < -0.4 is 5.32 Å². The maximum atomic E-state index is 12.1. The summed E-state index contributed by atoms with van der Waals surface area (Å²) in [6, 6.07) is -0.247. The summed E-state index contributed by atoms with van der Waals surface area (Å²) in [5.74, 6) is -0.190. The second-order valence-electron chi connectivity index (χ2n) is 7.04. The summed E-state index contributed by atoms with van der Waals surface area (Å²) >= 11 is 0. The molecule has 2 aliphatic heterocycles. The van der Waals surface area contributed by atoms with E-state index in [4.69, 9.17) is 9.47 Å². The molecule has 0 aromatic rings. The van der Waals surface area contributed by atoms with Gasteiger partial charge in [-0.2, -0.15) is 0 Å². The van der Waals surface area contributed by atoms with E-state index in [-0.39, 0.29) is 23.5 Å². The molecule has 2 unspecified atom stereocenters. The van der Waals surface area contributed by atoms with Crippen LogP contribution in [-0.4, -0.2) is 54.8 Å². The first-order valence-corrected chi connectivity index (χ1v) is 7.63. The molecular weight excluding hydrogens is 272 g/mol. The van der Waals surface area contributed by atoms with Gasteiger partial charge >= 0.3 is 12.1 Å². The SMILES string of the molecule is CCOC(=O)C1CC2(CCN(C(=O)OC(C)(C)C)C2)CN1. The lowest BCUT2D eigenvalue weighted by molar-refractivity contribution is -0.145. The lowest BCUT2D eigenvalue weighted by Gasteiger charge is -2.26. The van der Waals surface area contributed by atoms with Gasteiger partial charge < -0.3 is 19.7 Å². The number of hydrogen-bond donors (Lipinski definition) is 1. The van der Waals surface area contributed by atoms with E-state index in [0.29, 0.717) is 19.7 Å². The van der Waals surface area contributed by atoms with Crippen LogP contribution in [0, 0.1) is 5.41 Å². The molecular formula is C15H26N2O4. The molecule has 0 aromatic carbocycles. The van der Waals surface area contributed by atoms with Crippen LogP contribution in [0.4, 0.5) is 4.79 Å². The molecule has 1 amide bonds. The predicted octanol–water partition coefficient (Wildman–Crippen LogP) is 1.54. The third-order valence-electron chi connectivity index (χ3n) is 4.02. The van der Waals surface area contributed by atoms with Gasteiger partial charge in [-0.15, -0.1) is 0 Å². The number of esters is 1. The summed E-state index contributed by atoms with van der Waals surface area (Å²) in [5.41, 5.74) is -0.497. The zero-order valence-electron chi connectivity index (χ0n) is 13.4. The lowest BCUT2D eigenvalue weighted by Crippen LogP contribution is -2.37. The molecule has 1 N–H and O–H groups in total. The van der Waals surface area contributed by atoms with Crippen molar-refractivity contribution in [3.05, 3.63) is 0 Å². The van der Waals surface area contributed by atoms with E-state index in [1.54, 1.807) is 4.90 Å². The molecule has 120 valence electrons. The molecule has 6 nitrogen and oxygen atoms in total. The lowest BCUT2D eigenvalue weighted by atomic mass is 9.85. The Morgan fingerprint density at radius 3 is 2.71 bits per heavy atom. The summed E-state index contributed by atoms with van der Waals surface area (Å²) in [6.45, 7) is 9.88. The minimum atomic E-state index is -0.478. The van der Waals surface area contributed by atoms with Gasteiger partial charge in [0.15, 0.2) is 0 Å². The number of nitrogens with zero attached hydrogens (tertiary/aromatic N) is 1. The molecule has 0 aromatic heterocycles. The van der Waals surface area contributed by atoms with Crippen molar-refractivity contribution in [1.29, 1.82) is 0 Å². The Hall–Kier alpha value is -1.30. The first-order valence-electron chi connectivity index (χ1n) is 7.63. The number of hydrogen-bond acceptors (Lipinski definition) is 5. The van der Waals surface area contributed by atoms with Crippen molar-refractivity contribution in [1.82, 2.24) is 10.2 Å². The van der Waals surface area contributed by atoms with Crippen LogP contribution in [-0.2, 0) is 14.3 Å². The Balaban J connectivity index is 1.90. The minimum Gasteiger partial charge on any atom is -0.465 e. The second-order valence-corrected chi connectivity index (χ2v) is 7.04. The Kier molecular flexibility index (Phi) is 4.46. The standard InChI is InChI=1S/C15H26N2O4/c1-5-20-12(18)11-8-15(9-16-11)6-7-17(10-15)13(19)21-14(2,3)4/h11,16H,5-10H2,1-4H3. The highest BCUT2D eigenvalue weighted by Crippen LogP contribution is 2.39. The zero-order chi connectivity index (χ0) is 15.7. The minimum absolute atomic E-state index is 0.0195. The van der Waals surface area contributed by atoms with Gasteiger partial charge in [-0.05, 0) is 40.5 Å². The number of rotatable bonds is 2. The van der Waals surface area contributed by atoms with Crippen LogP contribution in [0.3, 0.4) is 0 Å². The number of likely N-dealkylation sites (tertiary alicyclic amines) is 1. The molecule has 0 radical (unpaired) electrons. The van der Waals surface area contributed by atoms with Crippen molar-refractivity contribution in [2.75, 3.05) is 26.2 Å². The summed E-state index contributed by atoms with van der Waals surface area (Å²) in [4.78, 5) is 25.7. The smallest absolute Gasteiger partial charge is 0.410 e.